The fourth-order valence-electron chi connectivity index (χ4n) is 0.992. The van der Waals surface area contributed by atoms with Gasteiger partial charge in [0.1, 0.15) is 0 Å². The highest BCUT2D eigenvalue weighted by atomic mass is 32.2. The van der Waals surface area contributed by atoms with Crippen molar-refractivity contribution in [1.29, 1.82) is 0 Å². The molecule has 0 aliphatic rings. The van der Waals surface area contributed by atoms with Crippen molar-refractivity contribution in [2.45, 2.75) is 11.8 Å². The molecule has 1 radical (unpaired) electrons. The highest BCUT2D eigenvalue weighted by molar-refractivity contribution is 8.17. The lowest BCUT2D eigenvalue weighted by Crippen LogP contribution is -1.80. The molecule has 0 saturated carbocycles. The lowest BCUT2D eigenvalue weighted by Gasteiger charge is -2.11. The molecular formula is C9H14S+. The molecule has 0 heterocycles. The van der Waals surface area contributed by atoms with Gasteiger partial charge in [0, 0.05) is 0 Å². The van der Waals surface area contributed by atoms with E-state index in [0.29, 0.717) is 0 Å². The standard InChI is InChI=1S/C9H13S/c1-8-6-4-5-7-9(8)10(2)3/h4-7,10H,2H2,1,3H3/p+1. The van der Waals surface area contributed by atoms with Crippen molar-refractivity contribution in [2.75, 3.05) is 6.26 Å². The third-order valence-corrected chi connectivity index (χ3v) is 2.85. The molecule has 10 heavy (non-hydrogen) atoms. The van der Waals surface area contributed by atoms with Gasteiger partial charge in [-0.25, -0.2) is 10.9 Å². The minimum absolute atomic E-state index is 0. The highest BCUT2D eigenvalue weighted by Gasteiger charge is 1.96. The fourth-order valence-corrected chi connectivity index (χ4v) is 2.01. The summed E-state index contributed by atoms with van der Waals surface area (Å²) in [6.07, 6.45) is 6.21. The smallest absolute Gasteiger partial charge is 0.229 e. The van der Waals surface area contributed by atoms with Crippen LogP contribution in [0.5, 0.6) is 0 Å². The molecule has 1 aromatic carbocycles. The summed E-state index contributed by atoms with van der Waals surface area (Å²) < 4.78 is 0. The Balaban J connectivity index is 0.000001000. The Hall–Kier alpha value is -0.430. The number of aryl methyl sites for hydroxylation is 1. The molecule has 0 spiro atoms. The van der Waals surface area contributed by atoms with Crippen LogP contribution in [0.4, 0.5) is 0 Å². The molecule has 0 N–H and O–H groups in total. The Morgan fingerprint density at radius 1 is 1.40 bits per heavy atom. The van der Waals surface area contributed by atoms with Crippen LogP contribution in [0, 0.1) is 13.2 Å². The average Bonchev–Trinajstić information content (AvgIpc) is 1.88. The summed E-state index contributed by atoms with van der Waals surface area (Å²) in [5.41, 5.74) is 1.37. The highest BCUT2D eigenvalue weighted by Crippen LogP contribution is 2.32. The largest absolute Gasteiger partial charge is 1.00 e. The summed E-state index contributed by atoms with van der Waals surface area (Å²) in [5.74, 6) is 0. The Morgan fingerprint density at radius 3 is 2.40 bits per heavy atom. The predicted molar refractivity (Wildman–Crippen MR) is 50.8 cm³/mol. The molecule has 0 aliphatic heterocycles. The van der Waals surface area contributed by atoms with E-state index in [1.807, 2.05) is 0 Å². The topological polar surface area (TPSA) is 0 Å². The maximum atomic E-state index is 4.03. The van der Waals surface area contributed by atoms with Gasteiger partial charge < -0.3 is 0 Å². The molecule has 55 valence electrons. The van der Waals surface area contributed by atoms with E-state index in [9.17, 15) is 0 Å². The summed E-state index contributed by atoms with van der Waals surface area (Å²) in [7, 11) is -0.166. The average molecular weight is 154 g/mol. The van der Waals surface area contributed by atoms with E-state index in [2.05, 4.69) is 43.7 Å². The zero-order chi connectivity index (χ0) is 7.56. The third kappa shape index (κ3) is 1.54. The first-order chi connectivity index (χ1) is 4.72. The van der Waals surface area contributed by atoms with Gasteiger partial charge in [-0.05, 0) is 29.9 Å². The molecule has 1 rings (SSSR count). The van der Waals surface area contributed by atoms with Crippen LogP contribution in [-0.4, -0.2) is 6.26 Å². The molecule has 1 atom stereocenters. The third-order valence-electron chi connectivity index (χ3n) is 1.53. The van der Waals surface area contributed by atoms with Crippen LogP contribution < -0.4 is 0 Å². The summed E-state index contributed by atoms with van der Waals surface area (Å²) >= 11 is 0. The second kappa shape index (κ2) is 3.11. The number of hydrogen-bond acceptors (Lipinski definition) is 0. The Labute approximate surface area is 67.1 Å². The molecule has 0 saturated heterocycles. The molecule has 0 bridgehead atoms. The molecule has 1 aromatic rings. The van der Waals surface area contributed by atoms with Gasteiger partial charge in [0.25, 0.3) is 0 Å². The Morgan fingerprint density at radius 2 is 2.00 bits per heavy atom. The van der Waals surface area contributed by atoms with Crippen molar-refractivity contribution in [3.8, 4) is 0 Å². The van der Waals surface area contributed by atoms with Crippen LogP contribution in [0.1, 0.15) is 6.99 Å². The van der Waals surface area contributed by atoms with Crippen molar-refractivity contribution >= 4 is 10.9 Å². The van der Waals surface area contributed by atoms with Crippen LogP contribution in [-0.2, 0) is 0 Å². The molecule has 0 amide bonds. The van der Waals surface area contributed by atoms with E-state index >= 15 is 0 Å². The van der Waals surface area contributed by atoms with Gasteiger partial charge in [0.15, 0.2) is 0 Å². The molecular weight excluding hydrogens is 140 g/mol. The van der Waals surface area contributed by atoms with Crippen LogP contribution in [0.15, 0.2) is 29.2 Å². The van der Waals surface area contributed by atoms with E-state index < -0.39 is 0 Å². The lowest BCUT2D eigenvalue weighted by atomic mass is 10.2. The van der Waals surface area contributed by atoms with E-state index in [4.69, 9.17) is 0 Å². The Kier molecular flexibility index (Phi) is 2.39. The number of rotatable bonds is 1. The van der Waals surface area contributed by atoms with Crippen LogP contribution in [0.3, 0.4) is 0 Å². The minimum Gasteiger partial charge on any atom is -0.229 e. The quantitative estimate of drug-likeness (QED) is 0.591. The SMILES string of the molecule is [CH2][SH](C)c1ccccc1C.[H+]. The first-order valence-corrected chi connectivity index (χ1v) is 5.29. The predicted octanol–water partition coefficient (Wildman–Crippen LogP) is 2.89. The zero-order valence-corrected chi connectivity index (χ0v) is 7.36. The molecule has 0 aromatic heterocycles. The maximum Gasteiger partial charge on any atom is 1.00 e. The van der Waals surface area contributed by atoms with Gasteiger partial charge >= 0.3 is 1.43 Å². The van der Waals surface area contributed by atoms with Gasteiger partial charge in [-0.3, -0.25) is 0 Å². The summed E-state index contributed by atoms with van der Waals surface area (Å²) in [4.78, 5) is 1.41. The molecule has 1 unspecified atom stereocenters. The molecule has 0 fully saturated rings. The van der Waals surface area contributed by atoms with Crippen molar-refractivity contribution in [3.63, 3.8) is 0 Å². The van der Waals surface area contributed by atoms with Crippen molar-refractivity contribution in [1.82, 2.24) is 0 Å². The first kappa shape index (κ1) is 7.67. The second-order valence-corrected chi connectivity index (χ2v) is 4.36. The van der Waals surface area contributed by atoms with Crippen LogP contribution in [0.2, 0.25) is 0 Å². The lowest BCUT2D eigenvalue weighted by molar-refractivity contribution is 1.30. The summed E-state index contributed by atoms with van der Waals surface area (Å²) in [6.45, 7) is 2.14. The summed E-state index contributed by atoms with van der Waals surface area (Å²) in [6, 6.07) is 8.44. The van der Waals surface area contributed by atoms with Crippen LogP contribution >= 0.6 is 10.9 Å². The van der Waals surface area contributed by atoms with Gasteiger partial charge in [0.05, 0.1) is 0 Å². The number of benzene rings is 1. The second-order valence-electron chi connectivity index (χ2n) is 2.48. The first-order valence-electron chi connectivity index (χ1n) is 3.31. The van der Waals surface area contributed by atoms with Gasteiger partial charge in [0.2, 0.25) is 0 Å². The van der Waals surface area contributed by atoms with Crippen molar-refractivity contribution in [3.05, 3.63) is 36.1 Å². The van der Waals surface area contributed by atoms with Gasteiger partial charge in [-0.1, -0.05) is 24.3 Å². The minimum atomic E-state index is -0.166. The number of thiol groups is 1. The normalized spacial score (nSPS) is 11.3. The Bertz CT molecular complexity index is 221. The van der Waals surface area contributed by atoms with E-state index in [1.54, 1.807) is 0 Å². The monoisotopic (exact) mass is 154 g/mol. The van der Waals surface area contributed by atoms with E-state index in [1.165, 1.54) is 10.5 Å². The fraction of sp³-hybridized carbons (Fsp3) is 0.222. The molecule has 0 aliphatic carbocycles. The van der Waals surface area contributed by atoms with Crippen molar-refractivity contribution < 1.29 is 1.43 Å². The maximum absolute atomic E-state index is 4.03. The molecule has 0 nitrogen and oxygen atoms in total. The van der Waals surface area contributed by atoms with Gasteiger partial charge in [-0.2, -0.15) is 0 Å². The van der Waals surface area contributed by atoms with Crippen molar-refractivity contribution in [2.24, 2.45) is 0 Å². The zero-order valence-electron chi connectivity index (χ0n) is 7.46. The van der Waals surface area contributed by atoms with E-state index in [-0.39, 0.29) is 12.3 Å². The molecule has 1 heteroatoms. The van der Waals surface area contributed by atoms with E-state index in [0.717, 1.165) is 0 Å². The number of hydrogen-bond donors (Lipinski definition) is 1. The van der Waals surface area contributed by atoms with Crippen LogP contribution in [0.25, 0.3) is 0 Å². The summed E-state index contributed by atoms with van der Waals surface area (Å²) in [5, 5.41) is 0. The van der Waals surface area contributed by atoms with Gasteiger partial charge in [-0.15, -0.1) is 0 Å².